The number of benzene rings is 3. The Morgan fingerprint density at radius 1 is 1.11 bits per heavy atom. The standard InChI is InChI=1S/C28H29ClF3N3O3/c1-16(27(3,4)38-21-10-11-22(29)23(30)15-21)34-25-12-9-20(14-24(25)33)35-26(37)13-18-5-7-19(8-6-18)28(31,32)17(2)36/h5-12,14-15,17,34,36H,1,13,33H2,2-4H3,(H,35,37). The van der Waals surface area contributed by atoms with E-state index in [0.717, 1.165) is 6.92 Å². The third-order valence-electron chi connectivity index (χ3n) is 5.84. The molecule has 1 atom stereocenters. The summed E-state index contributed by atoms with van der Waals surface area (Å²) in [4.78, 5) is 12.5. The van der Waals surface area contributed by atoms with E-state index in [1.807, 2.05) is 0 Å². The van der Waals surface area contributed by atoms with Gasteiger partial charge in [0, 0.05) is 17.3 Å². The summed E-state index contributed by atoms with van der Waals surface area (Å²) < 4.78 is 47.5. The first kappa shape index (κ1) is 28.9. The summed E-state index contributed by atoms with van der Waals surface area (Å²) in [6, 6.07) is 14.2. The van der Waals surface area contributed by atoms with E-state index < -0.39 is 23.4 Å². The number of carbonyl (C=O) groups excluding carboxylic acids is 1. The molecule has 3 aromatic rings. The van der Waals surface area contributed by atoms with E-state index in [2.05, 4.69) is 17.2 Å². The average molecular weight is 548 g/mol. The lowest BCUT2D eigenvalue weighted by Gasteiger charge is -2.30. The first-order valence-corrected chi connectivity index (χ1v) is 12.0. The molecule has 0 radical (unpaired) electrons. The monoisotopic (exact) mass is 547 g/mol. The number of amides is 1. The van der Waals surface area contributed by atoms with E-state index in [0.29, 0.717) is 28.3 Å². The van der Waals surface area contributed by atoms with Gasteiger partial charge in [0.25, 0.3) is 5.92 Å². The zero-order valence-electron chi connectivity index (χ0n) is 21.1. The van der Waals surface area contributed by atoms with Crippen molar-refractivity contribution in [3.8, 4) is 5.75 Å². The lowest BCUT2D eigenvalue weighted by Crippen LogP contribution is -2.34. The molecule has 38 heavy (non-hydrogen) atoms. The number of alkyl halides is 2. The number of nitrogens with one attached hydrogen (secondary N) is 2. The van der Waals surface area contributed by atoms with Gasteiger partial charge in [0.05, 0.1) is 28.5 Å². The van der Waals surface area contributed by atoms with Crippen molar-refractivity contribution in [2.75, 3.05) is 16.4 Å². The Labute approximate surface area is 224 Å². The largest absolute Gasteiger partial charge is 0.482 e. The van der Waals surface area contributed by atoms with Crippen molar-refractivity contribution in [1.29, 1.82) is 0 Å². The maximum absolute atomic E-state index is 13.9. The molecule has 0 fully saturated rings. The van der Waals surface area contributed by atoms with Crippen LogP contribution in [0.3, 0.4) is 0 Å². The predicted molar refractivity (Wildman–Crippen MR) is 144 cm³/mol. The summed E-state index contributed by atoms with van der Waals surface area (Å²) in [5.74, 6) is -4.07. The van der Waals surface area contributed by atoms with Crippen LogP contribution in [0.2, 0.25) is 5.02 Å². The van der Waals surface area contributed by atoms with Gasteiger partial charge in [-0.3, -0.25) is 4.79 Å². The lowest BCUT2D eigenvalue weighted by atomic mass is 10.0. The minimum Gasteiger partial charge on any atom is -0.482 e. The van der Waals surface area contributed by atoms with Gasteiger partial charge in [-0.25, -0.2) is 4.39 Å². The molecule has 5 N–H and O–H groups in total. The zero-order valence-corrected chi connectivity index (χ0v) is 21.9. The molecule has 0 aliphatic rings. The Morgan fingerprint density at radius 3 is 2.34 bits per heavy atom. The zero-order chi connectivity index (χ0) is 28.3. The molecule has 0 saturated carbocycles. The van der Waals surface area contributed by atoms with E-state index in [1.165, 1.54) is 36.4 Å². The van der Waals surface area contributed by atoms with Crippen molar-refractivity contribution in [3.63, 3.8) is 0 Å². The van der Waals surface area contributed by atoms with Gasteiger partial charge >= 0.3 is 0 Å². The molecule has 0 bridgehead atoms. The van der Waals surface area contributed by atoms with Crippen LogP contribution in [0.1, 0.15) is 31.9 Å². The highest BCUT2D eigenvalue weighted by molar-refractivity contribution is 6.30. The molecular formula is C28H29ClF3N3O3. The fourth-order valence-electron chi connectivity index (χ4n) is 3.44. The average Bonchev–Trinajstić information content (AvgIpc) is 2.83. The van der Waals surface area contributed by atoms with Crippen LogP contribution in [0.25, 0.3) is 0 Å². The van der Waals surface area contributed by atoms with Crippen LogP contribution in [0.4, 0.5) is 30.2 Å². The molecule has 10 heteroatoms. The number of rotatable bonds is 10. The van der Waals surface area contributed by atoms with Crippen molar-refractivity contribution in [2.45, 2.75) is 44.8 Å². The Balaban J connectivity index is 1.60. The topological polar surface area (TPSA) is 96.6 Å². The third-order valence-corrected chi connectivity index (χ3v) is 6.15. The molecule has 1 amide bonds. The normalized spacial score (nSPS) is 12.5. The number of hydrogen-bond donors (Lipinski definition) is 4. The molecular weight excluding hydrogens is 519 g/mol. The number of halogens is 4. The lowest BCUT2D eigenvalue weighted by molar-refractivity contribution is -0.115. The molecule has 0 aliphatic heterocycles. The van der Waals surface area contributed by atoms with Gasteiger partial charge < -0.3 is 26.2 Å². The Morgan fingerprint density at radius 2 is 1.76 bits per heavy atom. The highest BCUT2D eigenvalue weighted by Gasteiger charge is 2.37. The van der Waals surface area contributed by atoms with E-state index >= 15 is 0 Å². The summed E-state index contributed by atoms with van der Waals surface area (Å²) in [5, 5.41) is 15.1. The molecule has 0 spiro atoms. The summed E-state index contributed by atoms with van der Waals surface area (Å²) in [6.45, 7) is 8.52. The van der Waals surface area contributed by atoms with Crippen molar-refractivity contribution in [3.05, 3.63) is 94.9 Å². The summed E-state index contributed by atoms with van der Waals surface area (Å²) in [7, 11) is 0. The van der Waals surface area contributed by atoms with Gasteiger partial charge in [-0.15, -0.1) is 0 Å². The van der Waals surface area contributed by atoms with Gasteiger partial charge in [0.2, 0.25) is 5.91 Å². The number of aliphatic hydroxyl groups excluding tert-OH is 1. The highest BCUT2D eigenvalue weighted by Crippen LogP contribution is 2.32. The number of nitrogen functional groups attached to an aromatic ring is 1. The minimum atomic E-state index is -3.38. The molecule has 0 aromatic heterocycles. The Hall–Kier alpha value is -3.69. The van der Waals surface area contributed by atoms with Crippen LogP contribution >= 0.6 is 11.6 Å². The molecule has 6 nitrogen and oxygen atoms in total. The van der Waals surface area contributed by atoms with E-state index in [4.69, 9.17) is 22.1 Å². The molecule has 3 rings (SSSR count). The van der Waals surface area contributed by atoms with Gasteiger partial charge in [-0.1, -0.05) is 42.4 Å². The molecule has 202 valence electrons. The Kier molecular flexibility index (Phi) is 8.64. The number of hydrogen-bond acceptors (Lipinski definition) is 5. The van der Waals surface area contributed by atoms with Crippen LogP contribution in [0.15, 0.2) is 72.9 Å². The molecule has 0 saturated heterocycles. The van der Waals surface area contributed by atoms with E-state index in [9.17, 15) is 23.1 Å². The number of carbonyl (C=O) groups is 1. The maximum atomic E-state index is 13.9. The Bertz CT molecular complexity index is 1330. The van der Waals surface area contributed by atoms with Gasteiger partial charge in [-0.2, -0.15) is 8.78 Å². The van der Waals surface area contributed by atoms with Crippen molar-refractivity contribution in [2.24, 2.45) is 0 Å². The quantitative estimate of drug-likeness (QED) is 0.217. The van der Waals surface area contributed by atoms with Crippen LogP contribution in [0, 0.1) is 5.82 Å². The van der Waals surface area contributed by atoms with Crippen molar-refractivity contribution < 1.29 is 27.8 Å². The summed E-state index contributed by atoms with van der Waals surface area (Å²) >= 11 is 5.72. The first-order chi connectivity index (χ1) is 17.7. The minimum absolute atomic E-state index is 0.0117. The molecule has 0 heterocycles. The number of anilines is 3. The predicted octanol–water partition coefficient (Wildman–Crippen LogP) is 6.50. The summed E-state index contributed by atoms with van der Waals surface area (Å²) in [6.07, 6.45) is -1.88. The second-order valence-electron chi connectivity index (χ2n) is 9.31. The molecule has 3 aromatic carbocycles. The van der Waals surface area contributed by atoms with Crippen LogP contribution in [-0.4, -0.2) is 22.7 Å². The third kappa shape index (κ3) is 6.99. The van der Waals surface area contributed by atoms with Crippen LogP contribution < -0.4 is 21.1 Å². The van der Waals surface area contributed by atoms with Crippen molar-refractivity contribution in [1.82, 2.24) is 0 Å². The number of aliphatic hydroxyl groups is 1. The highest BCUT2D eigenvalue weighted by atomic mass is 35.5. The van der Waals surface area contributed by atoms with Gasteiger partial charge in [-0.05, 0) is 56.7 Å². The van der Waals surface area contributed by atoms with Crippen LogP contribution in [0.5, 0.6) is 5.75 Å². The second-order valence-corrected chi connectivity index (χ2v) is 9.72. The second kappa shape index (κ2) is 11.4. The molecule has 0 aliphatic carbocycles. The smallest absolute Gasteiger partial charge is 0.298 e. The van der Waals surface area contributed by atoms with Crippen molar-refractivity contribution >= 4 is 34.6 Å². The first-order valence-electron chi connectivity index (χ1n) is 11.6. The number of ether oxygens (including phenoxy) is 1. The fraction of sp³-hybridized carbons (Fsp3) is 0.250. The van der Waals surface area contributed by atoms with Gasteiger partial charge in [0.1, 0.15) is 23.3 Å². The van der Waals surface area contributed by atoms with E-state index in [-0.39, 0.29) is 28.7 Å². The summed E-state index contributed by atoms with van der Waals surface area (Å²) in [5.41, 5.74) is 7.13. The number of nitrogens with two attached hydrogens (primary N) is 1. The SMILES string of the molecule is C=C(Nc1ccc(NC(=O)Cc2ccc(C(F)(F)C(C)O)cc2)cc1N)C(C)(C)Oc1ccc(Cl)c(F)c1. The fourth-order valence-corrected chi connectivity index (χ4v) is 3.56. The maximum Gasteiger partial charge on any atom is 0.298 e. The van der Waals surface area contributed by atoms with Gasteiger partial charge in [0.15, 0.2) is 0 Å². The molecule has 1 unspecified atom stereocenters. The van der Waals surface area contributed by atoms with Crippen LogP contribution in [-0.2, 0) is 17.1 Å². The van der Waals surface area contributed by atoms with E-state index in [1.54, 1.807) is 38.1 Å².